The van der Waals surface area contributed by atoms with Crippen LogP contribution in [0.1, 0.15) is 18.4 Å². The zero-order valence-corrected chi connectivity index (χ0v) is 13.4. The van der Waals surface area contributed by atoms with E-state index in [4.69, 9.17) is 9.47 Å². The van der Waals surface area contributed by atoms with Gasteiger partial charge in [-0.1, -0.05) is 0 Å². The summed E-state index contributed by atoms with van der Waals surface area (Å²) in [5.41, 5.74) is 0.191. The highest BCUT2D eigenvalue weighted by atomic mass is 19.2. The van der Waals surface area contributed by atoms with Crippen LogP contribution >= 0.6 is 0 Å². The summed E-state index contributed by atoms with van der Waals surface area (Å²) in [6, 6.07) is 1.25. The van der Waals surface area contributed by atoms with Gasteiger partial charge in [0.25, 0.3) is 0 Å². The van der Waals surface area contributed by atoms with Crippen LogP contribution in [0.3, 0.4) is 0 Å². The highest BCUT2D eigenvalue weighted by molar-refractivity contribution is 5.73. The summed E-state index contributed by atoms with van der Waals surface area (Å²) in [5.74, 6) is -4.96. The predicted octanol–water partition coefficient (Wildman–Crippen LogP) is 2.67. The molecule has 2 unspecified atom stereocenters. The second-order valence-electron chi connectivity index (χ2n) is 5.64. The lowest BCUT2D eigenvalue weighted by atomic mass is 9.87. The van der Waals surface area contributed by atoms with Crippen molar-refractivity contribution in [3.05, 3.63) is 35.1 Å². The lowest BCUT2D eigenvalue weighted by Gasteiger charge is -2.37. The van der Waals surface area contributed by atoms with Crippen LogP contribution in [0.5, 0.6) is 0 Å². The van der Waals surface area contributed by atoms with E-state index >= 15 is 0 Å². The molecule has 1 aliphatic rings. The number of methoxy groups -OCH3 is 2. The van der Waals surface area contributed by atoms with Gasteiger partial charge in [0, 0.05) is 12.6 Å². The van der Waals surface area contributed by atoms with E-state index in [1.165, 1.54) is 19.1 Å². The quantitative estimate of drug-likeness (QED) is 0.624. The number of amides is 1. The molecule has 2 atom stereocenters. The topological polar surface area (TPSA) is 55.8 Å². The summed E-state index contributed by atoms with van der Waals surface area (Å²) >= 11 is 0. The molecule has 0 radical (unpaired) electrons. The molecule has 1 aromatic carbocycles. The van der Waals surface area contributed by atoms with Gasteiger partial charge in [0.2, 0.25) is 0 Å². The Balaban J connectivity index is 2.23. The molecule has 1 fully saturated rings. The molecule has 8 heteroatoms. The fraction of sp³-hybridized carbons (Fsp3) is 0.500. The number of piperidine rings is 1. The number of benzene rings is 1. The van der Waals surface area contributed by atoms with Gasteiger partial charge in [-0.25, -0.2) is 18.0 Å². The van der Waals surface area contributed by atoms with E-state index in [9.17, 15) is 22.8 Å². The highest BCUT2D eigenvalue weighted by Crippen LogP contribution is 2.28. The number of ether oxygens (including phenoxy) is 2. The average Bonchev–Trinajstić information content (AvgIpc) is 2.58. The average molecular weight is 345 g/mol. The third-order valence-corrected chi connectivity index (χ3v) is 4.17. The van der Waals surface area contributed by atoms with E-state index in [0.29, 0.717) is 6.42 Å². The minimum Gasteiger partial charge on any atom is -0.469 e. The van der Waals surface area contributed by atoms with E-state index in [2.05, 4.69) is 0 Å². The van der Waals surface area contributed by atoms with Crippen LogP contribution in [-0.2, 0) is 20.7 Å². The van der Waals surface area contributed by atoms with Crippen molar-refractivity contribution >= 4 is 12.1 Å². The molecule has 2 rings (SSSR count). The molecule has 0 spiro atoms. The van der Waals surface area contributed by atoms with Crippen LogP contribution in [0.15, 0.2) is 12.1 Å². The first-order valence-corrected chi connectivity index (χ1v) is 7.43. The molecule has 1 saturated heterocycles. The number of carbonyl (C=O) groups is 2. The van der Waals surface area contributed by atoms with E-state index in [-0.39, 0.29) is 24.9 Å². The lowest BCUT2D eigenvalue weighted by Crippen LogP contribution is -2.48. The number of halogens is 3. The summed E-state index contributed by atoms with van der Waals surface area (Å²) in [7, 11) is 2.50. The molecular weight excluding hydrogens is 327 g/mol. The van der Waals surface area contributed by atoms with Crippen molar-refractivity contribution in [3.63, 3.8) is 0 Å². The molecule has 5 nitrogen and oxygen atoms in total. The standard InChI is InChI=1S/C16H18F3NO4/c1-23-15(21)10-3-4-20(16(22)24-2)11(8-10)5-9-6-12(17)14(19)13(18)7-9/h6-7,10-11H,3-5,8H2,1-2H3. The molecule has 1 amide bonds. The first-order chi connectivity index (χ1) is 11.4. The molecular formula is C16H18F3NO4. The summed E-state index contributed by atoms with van der Waals surface area (Å²) in [5, 5.41) is 0. The predicted molar refractivity (Wildman–Crippen MR) is 77.7 cm³/mol. The maximum atomic E-state index is 13.4. The number of hydrogen-bond donors (Lipinski definition) is 0. The smallest absolute Gasteiger partial charge is 0.409 e. The van der Waals surface area contributed by atoms with Gasteiger partial charge in [0.15, 0.2) is 17.5 Å². The summed E-state index contributed by atoms with van der Waals surface area (Å²) in [6.07, 6.45) is 0.148. The SMILES string of the molecule is COC(=O)C1CCN(C(=O)OC)C(Cc2cc(F)c(F)c(F)c2)C1. The lowest BCUT2D eigenvalue weighted by molar-refractivity contribution is -0.147. The zero-order valence-electron chi connectivity index (χ0n) is 13.4. The van der Waals surface area contributed by atoms with Crippen molar-refractivity contribution < 1.29 is 32.2 Å². The Bertz CT molecular complexity index is 615. The molecule has 0 bridgehead atoms. The molecule has 1 aliphatic heterocycles. The maximum absolute atomic E-state index is 13.4. The summed E-state index contributed by atoms with van der Waals surface area (Å²) in [4.78, 5) is 25.0. The van der Waals surface area contributed by atoms with Crippen molar-refractivity contribution in [1.82, 2.24) is 4.90 Å². The van der Waals surface area contributed by atoms with Gasteiger partial charge < -0.3 is 14.4 Å². The number of likely N-dealkylation sites (tertiary alicyclic amines) is 1. The van der Waals surface area contributed by atoms with E-state index in [0.717, 1.165) is 12.1 Å². The molecule has 0 saturated carbocycles. The van der Waals surface area contributed by atoms with Gasteiger partial charge in [-0.15, -0.1) is 0 Å². The van der Waals surface area contributed by atoms with Crippen molar-refractivity contribution in [2.45, 2.75) is 25.3 Å². The Labute approximate surface area is 137 Å². The van der Waals surface area contributed by atoms with Crippen LogP contribution in [-0.4, -0.2) is 43.8 Å². The van der Waals surface area contributed by atoms with Crippen molar-refractivity contribution in [3.8, 4) is 0 Å². The number of nitrogens with zero attached hydrogens (tertiary/aromatic N) is 1. The molecule has 24 heavy (non-hydrogen) atoms. The maximum Gasteiger partial charge on any atom is 0.409 e. The number of hydrogen-bond acceptors (Lipinski definition) is 4. The highest BCUT2D eigenvalue weighted by Gasteiger charge is 2.36. The van der Waals surface area contributed by atoms with Crippen molar-refractivity contribution in [1.29, 1.82) is 0 Å². The van der Waals surface area contributed by atoms with E-state index in [1.54, 1.807) is 0 Å². The fourth-order valence-electron chi connectivity index (χ4n) is 2.98. The number of rotatable bonds is 3. The van der Waals surface area contributed by atoms with Crippen LogP contribution in [0.2, 0.25) is 0 Å². The van der Waals surface area contributed by atoms with Gasteiger partial charge in [0.1, 0.15) is 0 Å². The van der Waals surface area contributed by atoms with Gasteiger partial charge in [-0.2, -0.15) is 0 Å². The molecule has 1 heterocycles. The molecule has 1 aromatic rings. The van der Waals surface area contributed by atoms with Crippen molar-refractivity contribution in [2.75, 3.05) is 20.8 Å². The van der Waals surface area contributed by atoms with E-state index in [1.807, 2.05) is 0 Å². The first-order valence-electron chi connectivity index (χ1n) is 7.43. The molecule has 0 aliphatic carbocycles. The normalized spacial score (nSPS) is 20.6. The minimum absolute atomic E-state index is 0.0662. The third-order valence-electron chi connectivity index (χ3n) is 4.17. The second-order valence-corrected chi connectivity index (χ2v) is 5.64. The molecule has 132 valence electrons. The van der Waals surface area contributed by atoms with E-state index < -0.39 is 41.5 Å². The molecule has 0 N–H and O–H groups in total. The Morgan fingerprint density at radius 3 is 2.33 bits per heavy atom. The van der Waals surface area contributed by atoms with Gasteiger partial charge >= 0.3 is 12.1 Å². The van der Waals surface area contributed by atoms with Gasteiger partial charge in [0.05, 0.1) is 20.1 Å². The Kier molecular flexibility index (Phi) is 5.69. The number of esters is 1. The van der Waals surface area contributed by atoms with Gasteiger partial charge in [-0.3, -0.25) is 4.79 Å². The van der Waals surface area contributed by atoms with Crippen LogP contribution in [0.4, 0.5) is 18.0 Å². The Morgan fingerprint density at radius 1 is 1.17 bits per heavy atom. The van der Waals surface area contributed by atoms with Crippen molar-refractivity contribution in [2.24, 2.45) is 5.92 Å². The Morgan fingerprint density at radius 2 is 1.79 bits per heavy atom. The Hall–Kier alpha value is -2.25. The fourth-order valence-corrected chi connectivity index (χ4v) is 2.98. The third kappa shape index (κ3) is 3.80. The summed E-state index contributed by atoms with van der Waals surface area (Å²) in [6.45, 7) is 0.253. The first kappa shape index (κ1) is 18.1. The number of carbonyl (C=O) groups excluding carboxylic acids is 2. The van der Waals surface area contributed by atoms with Crippen LogP contribution in [0, 0.1) is 23.4 Å². The second kappa shape index (κ2) is 7.55. The van der Waals surface area contributed by atoms with Crippen LogP contribution in [0.25, 0.3) is 0 Å². The minimum atomic E-state index is -1.54. The molecule has 0 aromatic heterocycles. The monoisotopic (exact) mass is 345 g/mol. The summed E-state index contributed by atoms with van der Waals surface area (Å²) < 4.78 is 49.3. The largest absolute Gasteiger partial charge is 0.469 e. The van der Waals surface area contributed by atoms with Crippen LogP contribution < -0.4 is 0 Å². The zero-order chi connectivity index (χ0) is 17.9. The van der Waals surface area contributed by atoms with Gasteiger partial charge in [-0.05, 0) is 37.0 Å².